The SMILES string of the molecule is CN(CCc1ccncc1)C(=O)c1cc(Nc2c(F)cccc2F)ccn1. The Morgan fingerprint density at radius 1 is 1.07 bits per heavy atom. The molecule has 27 heavy (non-hydrogen) atoms. The van der Waals surface area contributed by atoms with Gasteiger partial charge in [0.25, 0.3) is 5.91 Å². The molecule has 0 radical (unpaired) electrons. The molecule has 1 N–H and O–H groups in total. The number of rotatable bonds is 6. The van der Waals surface area contributed by atoms with Crippen LogP contribution in [0.4, 0.5) is 20.2 Å². The summed E-state index contributed by atoms with van der Waals surface area (Å²) in [5, 5.41) is 2.66. The molecule has 0 bridgehead atoms. The molecule has 3 rings (SSSR count). The van der Waals surface area contributed by atoms with Crippen molar-refractivity contribution in [1.29, 1.82) is 0 Å². The molecule has 3 aromatic rings. The Labute approximate surface area is 155 Å². The zero-order chi connectivity index (χ0) is 19.2. The van der Waals surface area contributed by atoms with Gasteiger partial charge < -0.3 is 10.2 Å². The second-order valence-electron chi connectivity index (χ2n) is 5.98. The summed E-state index contributed by atoms with van der Waals surface area (Å²) < 4.78 is 27.6. The van der Waals surface area contributed by atoms with Gasteiger partial charge in [0.05, 0.1) is 0 Å². The standard InChI is InChI=1S/C20H18F2N4O/c1-26(12-8-14-5-9-23-10-6-14)20(27)18-13-15(7-11-24-18)25-19-16(21)3-2-4-17(19)22/h2-7,9-11,13H,8,12H2,1H3,(H,24,25). The van der Waals surface area contributed by atoms with Crippen molar-refractivity contribution in [3.63, 3.8) is 0 Å². The molecule has 1 aromatic carbocycles. The van der Waals surface area contributed by atoms with Crippen molar-refractivity contribution in [2.24, 2.45) is 0 Å². The van der Waals surface area contributed by atoms with Gasteiger partial charge in [0, 0.05) is 37.9 Å². The number of hydrogen-bond acceptors (Lipinski definition) is 4. The molecule has 138 valence electrons. The van der Waals surface area contributed by atoms with E-state index in [1.807, 2.05) is 12.1 Å². The van der Waals surface area contributed by atoms with Gasteiger partial charge in [-0.3, -0.25) is 14.8 Å². The molecule has 0 aliphatic heterocycles. The lowest BCUT2D eigenvalue weighted by atomic mass is 10.2. The summed E-state index contributed by atoms with van der Waals surface area (Å²) in [5.41, 5.74) is 1.37. The first-order chi connectivity index (χ1) is 13.0. The molecule has 0 saturated carbocycles. The number of likely N-dealkylation sites (N-methyl/N-ethyl adjacent to an activating group) is 1. The summed E-state index contributed by atoms with van der Waals surface area (Å²) >= 11 is 0. The van der Waals surface area contributed by atoms with Crippen LogP contribution in [-0.4, -0.2) is 34.4 Å². The van der Waals surface area contributed by atoms with Crippen LogP contribution >= 0.6 is 0 Å². The molecule has 2 heterocycles. The minimum atomic E-state index is -0.714. The molecule has 0 saturated heterocycles. The number of nitrogens with one attached hydrogen (secondary N) is 1. The highest BCUT2D eigenvalue weighted by atomic mass is 19.1. The molecule has 0 aliphatic rings. The normalized spacial score (nSPS) is 10.5. The fraction of sp³-hybridized carbons (Fsp3) is 0.150. The van der Waals surface area contributed by atoms with Crippen LogP contribution in [0.15, 0.2) is 61.1 Å². The first kappa shape index (κ1) is 18.4. The van der Waals surface area contributed by atoms with Crippen LogP contribution in [0.25, 0.3) is 0 Å². The molecule has 1 amide bonds. The second kappa shape index (κ2) is 8.35. The van der Waals surface area contributed by atoms with E-state index in [0.717, 1.165) is 17.7 Å². The van der Waals surface area contributed by atoms with Crippen LogP contribution in [0.2, 0.25) is 0 Å². The highest BCUT2D eigenvalue weighted by Crippen LogP contribution is 2.23. The fourth-order valence-electron chi connectivity index (χ4n) is 2.53. The largest absolute Gasteiger partial charge is 0.351 e. The Kier molecular flexibility index (Phi) is 5.71. The average Bonchev–Trinajstić information content (AvgIpc) is 2.69. The molecular weight excluding hydrogens is 350 g/mol. The van der Waals surface area contributed by atoms with Crippen LogP contribution in [0, 0.1) is 11.6 Å². The average molecular weight is 368 g/mol. The van der Waals surface area contributed by atoms with Crippen molar-refractivity contribution in [1.82, 2.24) is 14.9 Å². The summed E-state index contributed by atoms with van der Waals surface area (Å²) in [6.07, 6.45) is 5.51. The third-order valence-corrected chi connectivity index (χ3v) is 4.04. The Hall–Kier alpha value is -3.35. The minimum Gasteiger partial charge on any atom is -0.351 e. The van der Waals surface area contributed by atoms with Gasteiger partial charge in [-0.2, -0.15) is 0 Å². The Bertz CT molecular complexity index is 914. The molecular formula is C20H18F2N4O. The number of aromatic nitrogens is 2. The molecule has 7 heteroatoms. The maximum Gasteiger partial charge on any atom is 0.272 e. The van der Waals surface area contributed by atoms with Gasteiger partial charge in [-0.15, -0.1) is 0 Å². The van der Waals surface area contributed by atoms with Crippen LogP contribution in [-0.2, 0) is 6.42 Å². The highest BCUT2D eigenvalue weighted by Gasteiger charge is 2.15. The molecule has 0 spiro atoms. The van der Waals surface area contributed by atoms with E-state index < -0.39 is 11.6 Å². The van der Waals surface area contributed by atoms with Crippen LogP contribution in [0.3, 0.4) is 0 Å². The van der Waals surface area contributed by atoms with E-state index in [0.29, 0.717) is 18.7 Å². The number of para-hydroxylation sites is 1. The van der Waals surface area contributed by atoms with Gasteiger partial charge in [0.15, 0.2) is 0 Å². The van der Waals surface area contributed by atoms with Gasteiger partial charge >= 0.3 is 0 Å². The van der Waals surface area contributed by atoms with Crippen LogP contribution in [0.1, 0.15) is 16.1 Å². The molecule has 0 aliphatic carbocycles. The predicted octanol–water partition coefficient (Wildman–Crippen LogP) is 3.81. The minimum absolute atomic E-state index is 0.189. The number of hydrogen-bond donors (Lipinski definition) is 1. The smallest absolute Gasteiger partial charge is 0.272 e. The van der Waals surface area contributed by atoms with E-state index in [1.165, 1.54) is 18.3 Å². The first-order valence-corrected chi connectivity index (χ1v) is 8.36. The van der Waals surface area contributed by atoms with E-state index >= 15 is 0 Å². The van der Waals surface area contributed by atoms with Crippen molar-refractivity contribution in [2.75, 3.05) is 18.9 Å². The van der Waals surface area contributed by atoms with E-state index in [-0.39, 0.29) is 17.3 Å². The summed E-state index contributed by atoms with van der Waals surface area (Å²) in [5.74, 6) is -1.70. The number of carbonyl (C=O) groups excluding carboxylic acids is 1. The number of benzene rings is 1. The van der Waals surface area contributed by atoms with Crippen molar-refractivity contribution < 1.29 is 13.6 Å². The molecule has 5 nitrogen and oxygen atoms in total. The predicted molar refractivity (Wildman–Crippen MR) is 98.8 cm³/mol. The third kappa shape index (κ3) is 4.63. The van der Waals surface area contributed by atoms with Crippen molar-refractivity contribution in [3.8, 4) is 0 Å². The number of anilines is 2. The lowest BCUT2D eigenvalue weighted by molar-refractivity contribution is 0.0791. The zero-order valence-corrected chi connectivity index (χ0v) is 14.7. The number of pyridine rings is 2. The number of amides is 1. The first-order valence-electron chi connectivity index (χ1n) is 8.36. The fourth-order valence-corrected chi connectivity index (χ4v) is 2.53. The van der Waals surface area contributed by atoms with Gasteiger partial charge in [0.2, 0.25) is 0 Å². The topological polar surface area (TPSA) is 58.1 Å². The highest BCUT2D eigenvalue weighted by molar-refractivity contribution is 5.93. The quantitative estimate of drug-likeness (QED) is 0.719. The summed E-state index contributed by atoms with van der Waals surface area (Å²) in [4.78, 5) is 22.2. The lowest BCUT2D eigenvalue weighted by Gasteiger charge is -2.17. The van der Waals surface area contributed by atoms with Gasteiger partial charge in [0.1, 0.15) is 23.0 Å². The second-order valence-corrected chi connectivity index (χ2v) is 5.98. The maximum atomic E-state index is 13.8. The number of halogens is 2. The summed E-state index contributed by atoms with van der Waals surface area (Å²) in [7, 11) is 1.68. The third-order valence-electron chi connectivity index (χ3n) is 4.04. The Morgan fingerprint density at radius 3 is 2.48 bits per heavy atom. The van der Waals surface area contributed by atoms with Crippen molar-refractivity contribution >= 4 is 17.3 Å². The van der Waals surface area contributed by atoms with Gasteiger partial charge in [-0.1, -0.05) is 6.07 Å². The number of carbonyl (C=O) groups is 1. The van der Waals surface area contributed by atoms with E-state index in [4.69, 9.17) is 0 Å². The van der Waals surface area contributed by atoms with E-state index in [1.54, 1.807) is 30.4 Å². The van der Waals surface area contributed by atoms with E-state index in [9.17, 15) is 13.6 Å². The summed E-state index contributed by atoms with van der Waals surface area (Å²) in [6.45, 7) is 0.504. The van der Waals surface area contributed by atoms with Crippen molar-refractivity contribution in [2.45, 2.75) is 6.42 Å². The van der Waals surface area contributed by atoms with Crippen LogP contribution in [0.5, 0.6) is 0 Å². The molecule has 0 atom stereocenters. The lowest BCUT2D eigenvalue weighted by Crippen LogP contribution is -2.29. The molecule has 0 unspecified atom stereocenters. The zero-order valence-electron chi connectivity index (χ0n) is 14.7. The summed E-state index contributed by atoms with van der Waals surface area (Å²) in [6, 6.07) is 10.4. The van der Waals surface area contributed by atoms with Crippen molar-refractivity contribution in [3.05, 3.63) is 83.9 Å². The van der Waals surface area contributed by atoms with E-state index in [2.05, 4.69) is 15.3 Å². The maximum absolute atomic E-state index is 13.8. The van der Waals surface area contributed by atoms with Gasteiger partial charge in [-0.05, 0) is 48.4 Å². The van der Waals surface area contributed by atoms with Crippen LogP contribution < -0.4 is 5.32 Å². The number of nitrogens with zero attached hydrogens (tertiary/aromatic N) is 3. The molecule has 0 fully saturated rings. The van der Waals surface area contributed by atoms with Gasteiger partial charge in [-0.25, -0.2) is 8.78 Å². The Balaban J connectivity index is 1.69. The monoisotopic (exact) mass is 368 g/mol. The molecule has 2 aromatic heterocycles. The Morgan fingerprint density at radius 2 is 1.78 bits per heavy atom.